The molecule has 2 rings (SSSR count). The monoisotopic (exact) mass is 510 g/mol. The second-order valence-electron chi connectivity index (χ2n) is 6.71. The molecule has 0 saturated heterocycles. The van der Waals surface area contributed by atoms with Crippen LogP contribution in [0, 0.1) is 6.92 Å². The van der Waals surface area contributed by atoms with Gasteiger partial charge in [0.05, 0.1) is 6.61 Å². The average molecular weight is 510 g/mol. The number of nitrogens with one attached hydrogen (secondary N) is 2. The first kappa shape index (κ1) is 24.7. The van der Waals surface area contributed by atoms with E-state index in [-0.39, 0.29) is 29.9 Å². The lowest BCUT2D eigenvalue weighted by Crippen LogP contribution is -2.36. The fraction of sp³-hybridized carbons (Fsp3) is 0.364. The molecular formula is C22H31IN4O2. The molecule has 6 nitrogen and oxygen atoms in total. The normalized spacial score (nSPS) is 10.7. The predicted molar refractivity (Wildman–Crippen MR) is 129 cm³/mol. The number of nitrogens with zero attached hydrogens (tertiary/aromatic N) is 2. The molecule has 0 spiro atoms. The minimum absolute atomic E-state index is 0. The summed E-state index contributed by atoms with van der Waals surface area (Å²) in [5.74, 6) is 1.65. The Hall–Kier alpha value is -2.29. The van der Waals surface area contributed by atoms with Crippen molar-refractivity contribution in [1.29, 1.82) is 0 Å². The Bertz CT molecular complexity index is 820. The first-order valence-electron chi connectivity index (χ1n) is 9.42. The second kappa shape index (κ2) is 12.3. The molecular weight excluding hydrogens is 479 g/mol. The highest BCUT2D eigenvalue weighted by Crippen LogP contribution is 2.19. The van der Waals surface area contributed by atoms with Crippen molar-refractivity contribution in [2.75, 3.05) is 27.7 Å². The lowest BCUT2D eigenvalue weighted by Gasteiger charge is -2.14. The molecule has 0 bridgehead atoms. The van der Waals surface area contributed by atoms with Crippen LogP contribution >= 0.6 is 24.0 Å². The number of carbonyl (C=O) groups is 1. The summed E-state index contributed by atoms with van der Waals surface area (Å²) in [6.45, 7) is 5.99. The van der Waals surface area contributed by atoms with E-state index in [9.17, 15) is 4.79 Å². The summed E-state index contributed by atoms with van der Waals surface area (Å²) in [4.78, 5) is 17.8. The van der Waals surface area contributed by atoms with Gasteiger partial charge in [-0.3, -0.25) is 9.79 Å². The fourth-order valence-corrected chi connectivity index (χ4v) is 2.75. The molecule has 0 aliphatic carbocycles. The van der Waals surface area contributed by atoms with Gasteiger partial charge in [0.2, 0.25) is 0 Å². The van der Waals surface area contributed by atoms with E-state index in [0.717, 1.165) is 28.4 Å². The van der Waals surface area contributed by atoms with Crippen LogP contribution in [0.3, 0.4) is 0 Å². The van der Waals surface area contributed by atoms with Crippen LogP contribution < -0.4 is 15.4 Å². The van der Waals surface area contributed by atoms with E-state index in [1.165, 1.54) is 0 Å². The summed E-state index contributed by atoms with van der Waals surface area (Å²) in [5, 5.41) is 6.61. The fourth-order valence-electron chi connectivity index (χ4n) is 2.75. The third-order valence-corrected chi connectivity index (χ3v) is 4.29. The number of rotatable bonds is 7. The molecule has 2 aromatic carbocycles. The minimum Gasteiger partial charge on any atom is -0.494 e. The van der Waals surface area contributed by atoms with Crippen molar-refractivity contribution in [3.63, 3.8) is 0 Å². The molecule has 7 heteroatoms. The number of benzene rings is 2. The topological polar surface area (TPSA) is 66.0 Å². The highest BCUT2D eigenvalue weighted by Gasteiger charge is 2.07. The van der Waals surface area contributed by atoms with Crippen LogP contribution in [0.15, 0.2) is 47.5 Å². The molecule has 0 atom stereocenters. The zero-order chi connectivity index (χ0) is 20.5. The Morgan fingerprint density at radius 3 is 2.14 bits per heavy atom. The maximum absolute atomic E-state index is 11.9. The molecule has 0 aliphatic rings. The number of aryl methyl sites for hydroxylation is 1. The van der Waals surface area contributed by atoms with Crippen LogP contribution in [0.25, 0.3) is 0 Å². The molecule has 0 aliphatic heterocycles. The quantitative estimate of drug-likeness (QED) is 0.340. The Kier molecular flexibility index (Phi) is 10.5. The molecule has 0 radical (unpaired) electrons. The molecule has 0 fully saturated rings. The number of aliphatic imine (C=N–C) groups is 1. The van der Waals surface area contributed by atoms with Gasteiger partial charge >= 0.3 is 0 Å². The van der Waals surface area contributed by atoms with E-state index >= 15 is 0 Å². The van der Waals surface area contributed by atoms with Crippen LogP contribution in [0.1, 0.15) is 34.0 Å². The first-order valence-corrected chi connectivity index (χ1v) is 9.42. The van der Waals surface area contributed by atoms with E-state index in [4.69, 9.17) is 4.74 Å². The van der Waals surface area contributed by atoms with Crippen molar-refractivity contribution in [2.24, 2.45) is 4.99 Å². The number of halogens is 1. The second-order valence-corrected chi connectivity index (χ2v) is 6.71. The predicted octanol–water partition coefficient (Wildman–Crippen LogP) is 3.58. The van der Waals surface area contributed by atoms with Gasteiger partial charge in [-0.2, -0.15) is 0 Å². The zero-order valence-electron chi connectivity index (χ0n) is 17.8. The summed E-state index contributed by atoms with van der Waals surface area (Å²) >= 11 is 0. The summed E-state index contributed by atoms with van der Waals surface area (Å²) in [5.41, 5.74) is 4.05. The Balaban J connectivity index is 0.00000420. The average Bonchev–Trinajstić information content (AvgIpc) is 2.70. The number of hydrogen-bond acceptors (Lipinski definition) is 3. The standard InChI is InChI=1S/C22H30N4O2.HI/c1-6-28-20-12-9-18(13-16(20)2)15-25-22(23-3)24-14-17-7-10-19(11-8-17)21(27)26(4)5;/h7-13H,6,14-15H2,1-5H3,(H2,23,24,25);1H. The first-order chi connectivity index (χ1) is 13.4. The van der Waals surface area contributed by atoms with E-state index in [1.54, 1.807) is 26.0 Å². The van der Waals surface area contributed by atoms with Crippen molar-refractivity contribution in [3.8, 4) is 5.75 Å². The molecule has 1 amide bonds. The Morgan fingerprint density at radius 1 is 1.03 bits per heavy atom. The van der Waals surface area contributed by atoms with Crippen LogP contribution in [0.2, 0.25) is 0 Å². The molecule has 2 aromatic rings. The van der Waals surface area contributed by atoms with Gasteiger partial charge < -0.3 is 20.3 Å². The molecule has 0 heterocycles. The third-order valence-electron chi connectivity index (χ3n) is 4.29. The largest absolute Gasteiger partial charge is 0.494 e. The highest BCUT2D eigenvalue weighted by molar-refractivity contribution is 14.0. The van der Waals surface area contributed by atoms with Gasteiger partial charge in [-0.15, -0.1) is 24.0 Å². The van der Waals surface area contributed by atoms with Crippen molar-refractivity contribution >= 4 is 35.8 Å². The van der Waals surface area contributed by atoms with Gasteiger partial charge in [-0.1, -0.05) is 24.3 Å². The van der Waals surface area contributed by atoms with Gasteiger partial charge in [-0.25, -0.2) is 0 Å². The number of amides is 1. The van der Waals surface area contributed by atoms with Crippen LogP contribution in [0.5, 0.6) is 5.75 Å². The summed E-state index contributed by atoms with van der Waals surface area (Å²) in [6.07, 6.45) is 0. The van der Waals surface area contributed by atoms with Crippen LogP contribution in [-0.4, -0.2) is 44.5 Å². The van der Waals surface area contributed by atoms with Gasteiger partial charge in [0.15, 0.2) is 5.96 Å². The molecule has 0 aromatic heterocycles. The van der Waals surface area contributed by atoms with Gasteiger partial charge in [0.1, 0.15) is 5.75 Å². The zero-order valence-corrected chi connectivity index (χ0v) is 20.1. The maximum atomic E-state index is 11.9. The number of guanidine groups is 1. The SMILES string of the molecule is CCOc1ccc(CNC(=NC)NCc2ccc(C(=O)N(C)C)cc2)cc1C.I. The van der Waals surface area contributed by atoms with E-state index < -0.39 is 0 Å². The van der Waals surface area contributed by atoms with Gasteiger partial charge in [-0.05, 0) is 48.7 Å². The van der Waals surface area contributed by atoms with Crippen LogP contribution in [-0.2, 0) is 13.1 Å². The number of ether oxygens (including phenoxy) is 1. The summed E-state index contributed by atoms with van der Waals surface area (Å²) < 4.78 is 5.58. The molecule has 29 heavy (non-hydrogen) atoms. The van der Waals surface area contributed by atoms with Crippen molar-refractivity contribution < 1.29 is 9.53 Å². The van der Waals surface area contributed by atoms with Crippen molar-refractivity contribution in [2.45, 2.75) is 26.9 Å². The number of carbonyl (C=O) groups excluding carboxylic acids is 1. The Labute approximate surface area is 190 Å². The summed E-state index contributed by atoms with van der Waals surface area (Å²) in [7, 11) is 5.25. The lowest BCUT2D eigenvalue weighted by atomic mass is 10.1. The molecule has 0 unspecified atom stereocenters. The van der Waals surface area contributed by atoms with E-state index in [2.05, 4.69) is 27.8 Å². The van der Waals surface area contributed by atoms with E-state index in [1.807, 2.05) is 44.2 Å². The highest BCUT2D eigenvalue weighted by atomic mass is 127. The Morgan fingerprint density at radius 2 is 1.62 bits per heavy atom. The molecule has 158 valence electrons. The maximum Gasteiger partial charge on any atom is 0.253 e. The van der Waals surface area contributed by atoms with Gasteiger partial charge in [0.25, 0.3) is 5.91 Å². The smallest absolute Gasteiger partial charge is 0.253 e. The lowest BCUT2D eigenvalue weighted by molar-refractivity contribution is 0.0827. The van der Waals surface area contributed by atoms with Crippen LogP contribution in [0.4, 0.5) is 0 Å². The van der Waals surface area contributed by atoms with Crippen molar-refractivity contribution in [1.82, 2.24) is 15.5 Å². The minimum atomic E-state index is 0. The molecule has 0 saturated carbocycles. The van der Waals surface area contributed by atoms with E-state index in [0.29, 0.717) is 25.3 Å². The number of hydrogen-bond donors (Lipinski definition) is 2. The summed E-state index contributed by atoms with van der Waals surface area (Å²) in [6, 6.07) is 13.8. The van der Waals surface area contributed by atoms with Gasteiger partial charge in [0, 0.05) is 39.8 Å². The van der Waals surface area contributed by atoms with Crippen molar-refractivity contribution in [3.05, 3.63) is 64.7 Å². The molecule has 2 N–H and O–H groups in total. The third kappa shape index (κ3) is 7.56.